The number of likely N-dealkylation sites (tertiary alicyclic amines) is 1. The van der Waals surface area contributed by atoms with Gasteiger partial charge in [0.2, 0.25) is 0 Å². The lowest BCUT2D eigenvalue weighted by atomic mass is 10.2. The van der Waals surface area contributed by atoms with Crippen LogP contribution in [0.25, 0.3) is 0 Å². The number of amides is 2. The third kappa shape index (κ3) is 3.19. The number of carbonyl (C=O) groups is 2. The molecule has 1 aliphatic rings. The van der Waals surface area contributed by atoms with Gasteiger partial charge in [0.1, 0.15) is 0 Å². The van der Waals surface area contributed by atoms with Crippen molar-refractivity contribution in [2.45, 2.75) is 25.8 Å². The summed E-state index contributed by atoms with van der Waals surface area (Å²) >= 11 is 3.35. The Hall–Kier alpha value is -1.40. The maximum Gasteiger partial charge on any atom is 0.313 e. The van der Waals surface area contributed by atoms with Crippen LogP contribution in [0.1, 0.15) is 18.4 Å². The van der Waals surface area contributed by atoms with Crippen molar-refractivity contribution in [1.29, 1.82) is 0 Å². The van der Waals surface area contributed by atoms with Crippen molar-refractivity contribution >= 4 is 33.4 Å². The number of benzene rings is 1. The van der Waals surface area contributed by atoms with Gasteiger partial charge in [0.15, 0.2) is 0 Å². The molecule has 1 aromatic rings. The van der Waals surface area contributed by atoms with E-state index in [2.05, 4.69) is 21.2 Å². The van der Waals surface area contributed by atoms with Gasteiger partial charge in [0.25, 0.3) is 0 Å². The van der Waals surface area contributed by atoms with Crippen molar-refractivity contribution < 1.29 is 14.7 Å². The Kier molecular flexibility index (Phi) is 4.77. The minimum Gasteiger partial charge on any atom is -0.394 e. The number of halogens is 1. The molecular weight excluding hydrogens is 324 g/mol. The normalized spacial score (nSPS) is 18.1. The predicted octanol–water partition coefficient (Wildman–Crippen LogP) is 1.68. The number of carbonyl (C=O) groups excluding carboxylic acids is 2. The summed E-state index contributed by atoms with van der Waals surface area (Å²) in [5.41, 5.74) is 1.49. The first-order valence-corrected chi connectivity index (χ1v) is 7.31. The third-order valence-electron chi connectivity index (χ3n) is 3.48. The lowest BCUT2D eigenvalue weighted by Gasteiger charge is -2.22. The quantitative estimate of drug-likeness (QED) is 0.804. The molecule has 0 bridgehead atoms. The molecule has 2 rings (SSSR count). The Morgan fingerprint density at radius 2 is 2.25 bits per heavy atom. The number of anilines is 1. The highest BCUT2D eigenvalue weighted by atomic mass is 79.9. The maximum atomic E-state index is 12.1. The van der Waals surface area contributed by atoms with Crippen molar-refractivity contribution in [2.75, 3.05) is 18.5 Å². The fourth-order valence-corrected chi connectivity index (χ4v) is 2.84. The molecule has 1 heterocycles. The zero-order valence-electron chi connectivity index (χ0n) is 11.2. The fraction of sp³-hybridized carbons (Fsp3) is 0.429. The topological polar surface area (TPSA) is 69.6 Å². The van der Waals surface area contributed by atoms with Crippen LogP contribution in [0.4, 0.5) is 5.69 Å². The van der Waals surface area contributed by atoms with Gasteiger partial charge in [-0.15, -0.1) is 0 Å². The van der Waals surface area contributed by atoms with E-state index in [9.17, 15) is 14.7 Å². The molecule has 2 amide bonds. The van der Waals surface area contributed by atoms with E-state index in [0.29, 0.717) is 12.2 Å². The van der Waals surface area contributed by atoms with E-state index >= 15 is 0 Å². The van der Waals surface area contributed by atoms with Crippen LogP contribution < -0.4 is 5.32 Å². The van der Waals surface area contributed by atoms with Crippen LogP contribution in [0.2, 0.25) is 0 Å². The van der Waals surface area contributed by atoms with Gasteiger partial charge in [-0.1, -0.05) is 15.9 Å². The second-order valence-corrected chi connectivity index (χ2v) is 5.81. The van der Waals surface area contributed by atoms with Gasteiger partial charge in [0, 0.05) is 16.7 Å². The molecule has 1 atom stereocenters. The number of nitrogens with zero attached hydrogens (tertiary/aromatic N) is 1. The first-order chi connectivity index (χ1) is 9.52. The van der Waals surface area contributed by atoms with E-state index in [1.54, 1.807) is 12.1 Å². The Bertz CT molecular complexity index is 533. The first-order valence-electron chi connectivity index (χ1n) is 6.52. The molecule has 0 unspecified atom stereocenters. The van der Waals surface area contributed by atoms with Crippen molar-refractivity contribution in [1.82, 2.24) is 4.90 Å². The smallest absolute Gasteiger partial charge is 0.313 e. The van der Waals surface area contributed by atoms with Gasteiger partial charge < -0.3 is 15.3 Å². The molecule has 6 heteroatoms. The van der Waals surface area contributed by atoms with E-state index in [1.807, 2.05) is 13.0 Å². The Morgan fingerprint density at radius 1 is 1.50 bits per heavy atom. The second-order valence-electron chi connectivity index (χ2n) is 4.89. The molecule has 1 aromatic carbocycles. The molecule has 20 heavy (non-hydrogen) atoms. The number of hydrogen-bond donors (Lipinski definition) is 2. The van der Waals surface area contributed by atoms with Crippen LogP contribution in [0.15, 0.2) is 22.7 Å². The molecule has 1 fully saturated rings. The molecule has 0 aromatic heterocycles. The highest BCUT2D eigenvalue weighted by Crippen LogP contribution is 2.21. The van der Waals surface area contributed by atoms with Crippen molar-refractivity contribution in [3.8, 4) is 0 Å². The van der Waals surface area contributed by atoms with E-state index in [4.69, 9.17) is 0 Å². The standard InChI is InChI=1S/C14H17BrN2O3/c1-9-7-10(15)4-5-12(9)16-13(19)14(20)17-6-2-3-11(17)8-18/h4-5,7,11,18H,2-3,6,8H2,1H3,(H,16,19)/t11-/m1/s1. The monoisotopic (exact) mass is 340 g/mol. The van der Waals surface area contributed by atoms with E-state index in [0.717, 1.165) is 22.9 Å². The fourth-order valence-electron chi connectivity index (χ4n) is 2.37. The second kappa shape index (κ2) is 6.37. The lowest BCUT2D eigenvalue weighted by molar-refractivity contribution is -0.144. The van der Waals surface area contributed by atoms with Crippen LogP contribution >= 0.6 is 15.9 Å². The van der Waals surface area contributed by atoms with Gasteiger partial charge in [-0.05, 0) is 43.5 Å². The summed E-state index contributed by atoms with van der Waals surface area (Å²) < 4.78 is 0.916. The molecule has 2 N–H and O–H groups in total. The van der Waals surface area contributed by atoms with Crippen LogP contribution in [-0.2, 0) is 9.59 Å². The predicted molar refractivity (Wildman–Crippen MR) is 79.3 cm³/mol. The lowest BCUT2D eigenvalue weighted by Crippen LogP contribution is -2.43. The highest BCUT2D eigenvalue weighted by molar-refractivity contribution is 9.10. The Morgan fingerprint density at radius 3 is 2.90 bits per heavy atom. The highest BCUT2D eigenvalue weighted by Gasteiger charge is 2.32. The number of aliphatic hydroxyl groups is 1. The summed E-state index contributed by atoms with van der Waals surface area (Å²) in [6, 6.07) is 5.18. The van der Waals surface area contributed by atoms with Crippen molar-refractivity contribution in [2.24, 2.45) is 0 Å². The van der Waals surface area contributed by atoms with Gasteiger partial charge in [0.05, 0.1) is 12.6 Å². The van der Waals surface area contributed by atoms with Crippen LogP contribution in [0.3, 0.4) is 0 Å². The van der Waals surface area contributed by atoms with Crippen molar-refractivity contribution in [3.63, 3.8) is 0 Å². The molecule has 108 valence electrons. The van der Waals surface area contributed by atoms with E-state index in [1.165, 1.54) is 4.90 Å². The molecule has 1 aliphatic heterocycles. The summed E-state index contributed by atoms with van der Waals surface area (Å²) in [6.07, 6.45) is 1.56. The van der Waals surface area contributed by atoms with Gasteiger partial charge in [-0.25, -0.2) is 0 Å². The number of hydrogen-bond acceptors (Lipinski definition) is 3. The largest absolute Gasteiger partial charge is 0.394 e. The summed E-state index contributed by atoms with van der Waals surface area (Å²) in [5.74, 6) is -1.24. The van der Waals surface area contributed by atoms with Crippen LogP contribution in [0.5, 0.6) is 0 Å². The Balaban J connectivity index is 2.06. The SMILES string of the molecule is Cc1cc(Br)ccc1NC(=O)C(=O)N1CCC[C@@H]1CO. The molecule has 0 radical (unpaired) electrons. The number of aryl methyl sites for hydroxylation is 1. The number of aliphatic hydroxyl groups excluding tert-OH is 1. The third-order valence-corrected chi connectivity index (χ3v) is 3.97. The number of rotatable bonds is 2. The zero-order chi connectivity index (χ0) is 14.7. The zero-order valence-corrected chi connectivity index (χ0v) is 12.8. The molecule has 0 spiro atoms. The molecular formula is C14H17BrN2O3. The average molecular weight is 341 g/mol. The van der Waals surface area contributed by atoms with E-state index in [-0.39, 0.29) is 12.6 Å². The Labute approximate surface area is 126 Å². The minimum absolute atomic E-state index is 0.101. The minimum atomic E-state index is -0.657. The number of nitrogens with one attached hydrogen (secondary N) is 1. The summed E-state index contributed by atoms with van der Waals surface area (Å²) in [5, 5.41) is 11.8. The molecule has 0 saturated carbocycles. The summed E-state index contributed by atoms with van der Waals surface area (Å²) in [4.78, 5) is 25.5. The molecule has 1 saturated heterocycles. The van der Waals surface area contributed by atoms with Gasteiger partial charge in [-0.2, -0.15) is 0 Å². The van der Waals surface area contributed by atoms with Crippen LogP contribution in [0, 0.1) is 6.92 Å². The molecule has 5 nitrogen and oxygen atoms in total. The van der Waals surface area contributed by atoms with Gasteiger partial charge >= 0.3 is 11.8 Å². The summed E-state index contributed by atoms with van der Waals surface area (Å²) in [6.45, 7) is 2.28. The van der Waals surface area contributed by atoms with Gasteiger partial charge in [-0.3, -0.25) is 9.59 Å². The first kappa shape index (κ1) is 15.0. The van der Waals surface area contributed by atoms with Crippen LogP contribution in [-0.4, -0.2) is 41.0 Å². The summed E-state index contributed by atoms with van der Waals surface area (Å²) in [7, 11) is 0. The van der Waals surface area contributed by atoms with Crippen molar-refractivity contribution in [3.05, 3.63) is 28.2 Å². The molecule has 0 aliphatic carbocycles. The average Bonchev–Trinajstić information content (AvgIpc) is 2.89. The van der Waals surface area contributed by atoms with E-state index < -0.39 is 11.8 Å². The maximum absolute atomic E-state index is 12.1.